The Kier molecular flexibility index (Phi) is 5.43. The smallest absolute Gasteiger partial charge is 0.315 e. The summed E-state index contributed by atoms with van der Waals surface area (Å²) in [6.07, 6.45) is 1.84. The fourth-order valence-corrected chi connectivity index (χ4v) is 2.83. The Balaban J connectivity index is 1.46. The summed E-state index contributed by atoms with van der Waals surface area (Å²) in [4.78, 5) is 12.2. The summed E-state index contributed by atoms with van der Waals surface area (Å²) in [7, 11) is 0. The lowest BCUT2D eigenvalue weighted by Gasteiger charge is -2.19. The van der Waals surface area contributed by atoms with Gasteiger partial charge in [-0.1, -0.05) is 36.4 Å². The monoisotopic (exact) mass is 340 g/mol. The van der Waals surface area contributed by atoms with E-state index < -0.39 is 0 Å². The number of ether oxygens (including phenoxy) is 2. The van der Waals surface area contributed by atoms with Crippen LogP contribution in [0.2, 0.25) is 0 Å². The van der Waals surface area contributed by atoms with E-state index >= 15 is 0 Å². The first kappa shape index (κ1) is 17.1. The second kappa shape index (κ2) is 7.92. The molecule has 1 aliphatic rings. The van der Waals surface area contributed by atoms with E-state index in [1.165, 1.54) is 5.56 Å². The molecule has 0 aliphatic carbocycles. The number of amides is 2. The van der Waals surface area contributed by atoms with E-state index in [1.807, 2.05) is 50.2 Å². The number of hydrogen-bond acceptors (Lipinski definition) is 3. The van der Waals surface area contributed by atoms with Gasteiger partial charge in [-0.25, -0.2) is 4.79 Å². The van der Waals surface area contributed by atoms with Crippen LogP contribution in [0.1, 0.15) is 37.4 Å². The summed E-state index contributed by atoms with van der Waals surface area (Å²) in [5, 5.41) is 5.97. The molecule has 0 saturated carbocycles. The quantitative estimate of drug-likeness (QED) is 0.841. The third-order valence-corrected chi connectivity index (χ3v) is 4.33. The van der Waals surface area contributed by atoms with E-state index in [0.717, 1.165) is 29.9 Å². The molecule has 2 unspecified atom stereocenters. The molecule has 0 radical (unpaired) electrons. The highest BCUT2D eigenvalue weighted by Gasteiger charge is 2.17. The van der Waals surface area contributed by atoms with Gasteiger partial charge in [-0.05, 0) is 49.9 Å². The Bertz CT molecular complexity index is 718. The van der Waals surface area contributed by atoms with Gasteiger partial charge in [0.1, 0.15) is 0 Å². The van der Waals surface area contributed by atoms with Crippen molar-refractivity contribution in [3.63, 3.8) is 0 Å². The molecular formula is C20H24N2O3. The Labute approximate surface area is 148 Å². The number of carbonyl (C=O) groups excluding carboxylic acids is 1. The van der Waals surface area contributed by atoms with Gasteiger partial charge in [-0.3, -0.25) is 0 Å². The highest BCUT2D eigenvalue weighted by Crippen LogP contribution is 2.34. The SMILES string of the molecule is CC(CCc1ccccc1)NC(=O)NC(C)c1ccc2c(c1)OCO2. The topological polar surface area (TPSA) is 59.6 Å². The molecule has 5 nitrogen and oxygen atoms in total. The molecule has 25 heavy (non-hydrogen) atoms. The Morgan fingerprint density at radius 1 is 1.04 bits per heavy atom. The zero-order valence-electron chi connectivity index (χ0n) is 14.6. The van der Waals surface area contributed by atoms with Crippen molar-refractivity contribution in [2.75, 3.05) is 6.79 Å². The molecular weight excluding hydrogens is 316 g/mol. The fraction of sp³-hybridized carbons (Fsp3) is 0.350. The predicted octanol–water partition coefficient (Wildman–Crippen LogP) is 3.80. The van der Waals surface area contributed by atoms with Gasteiger partial charge in [0.2, 0.25) is 6.79 Å². The van der Waals surface area contributed by atoms with Crippen molar-refractivity contribution in [2.45, 2.75) is 38.8 Å². The molecule has 0 aromatic heterocycles. The minimum Gasteiger partial charge on any atom is -0.454 e. The third-order valence-electron chi connectivity index (χ3n) is 4.33. The van der Waals surface area contributed by atoms with Gasteiger partial charge in [-0.2, -0.15) is 0 Å². The van der Waals surface area contributed by atoms with E-state index in [0.29, 0.717) is 0 Å². The summed E-state index contributed by atoms with van der Waals surface area (Å²) in [5.41, 5.74) is 2.27. The molecule has 0 saturated heterocycles. The van der Waals surface area contributed by atoms with Crippen LogP contribution in [0.3, 0.4) is 0 Å². The van der Waals surface area contributed by atoms with Crippen LogP contribution in [0.15, 0.2) is 48.5 Å². The van der Waals surface area contributed by atoms with Crippen molar-refractivity contribution in [1.82, 2.24) is 10.6 Å². The molecule has 2 N–H and O–H groups in total. The highest BCUT2D eigenvalue weighted by atomic mass is 16.7. The third kappa shape index (κ3) is 4.66. The molecule has 2 aromatic carbocycles. The number of fused-ring (bicyclic) bond motifs is 1. The van der Waals surface area contributed by atoms with E-state index in [1.54, 1.807) is 0 Å². The van der Waals surface area contributed by atoms with Crippen LogP contribution in [-0.4, -0.2) is 18.9 Å². The Morgan fingerprint density at radius 2 is 1.80 bits per heavy atom. The minimum atomic E-state index is -0.161. The van der Waals surface area contributed by atoms with Gasteiger partial charge in [0, 0.05) is 6.04 Å². The van der Waals surface area contributed by atoms with Crippen LogP contribution in [0.4, 0.5) is 4.79 Å². The number of hydrogen-bond donors (Lipinski definition) is 2. The Morgan fingerprint density at radius 3 is 2.60 bits per heavy atom. The van der Waals surface area contributed by atoms with Crippen molar-refractivity contribution in [1.29, 1.82) is 0 Å². The summed E-state index contributed by atoms with van der Waals surface area (Å²) >= 11 is 0. The fourth-order valence-electron chi connectivity index (χ4n) is 2.83. The second-order valence-electron chi connectivity index (χ2n) is 6.38. The second-order valence-corrected chi connectivity index (χ2v) is 6.38. The maximum atomic E-state index is 12.2. The molecule has 2 amide bonds. The van der Waals surface area contributed by atoms with Crippen molar-refractivity contribution < 1.29 is 14.3 Å². The van der Waals surface area contributed by atoms with Crippen LogP contribution in [0.5, 0.6) is 11.5 Å². The number of carbonyl (C=O) groups is 1. The van der Waals surface area contributed by atoms with Gasteiger partial charge >= 0.3 is 6.03 Å². The lowest BCUT2D eigenvalue weighted by molar-refractivity contribution is 0.174. The van der Waals surface area contributed by atoms with Crippen molar-refractivity contribution >= 4 is 6.03 Å². The molecule has 0 bridgehead atoms. The molecule has 1 heterocycles. The molecule has 1 aliphatic heterocycles. The van der Waals surface area contributed by atoms with E-state index in [2.05, 4.69) is 22.8 Å². The minimum absolute atomic E-state index is 0.101. The first-order valence-electron chi connectivity index (χ1n) is 8.62. The van der Waals surface area contributed by atoms with Gasteiger partial charge in [0.15, 0.2) is 11.5 Å². The average molecular weight is 340 g/mol. The van der Waals surface area contributed by atoms with Crippen molar-refractivity contribution in [2.24, 2.45) is 0 Å². The molecule has 0 spiro atoms. The predicted molar refractivity (Wildman–Crippen MR) is 96.9 cm³/mol. The summed E-state index contributed by atoms with van der Waals surface area (Å²) in [5.74, 6) is 1.47. The van der Waals surface area contributed by atoms with Crippen LogP contribution in [0, 0.1) is 0 Å². The molecule has 0 fully saturated rings. The molecule has 3 rings (SSSR count). The van der Waals surface area contributed by atoms with Crippen molar-refractivity contribution in [3.05, 3.63) is 59.7 Å². The lowest BCUT2D eigenvalue weighted by atomic mass is 10.1. The van der Waals surface area contributed by atoms with Crippen molar-refractivity contribution in [3.8, 4) is 11.5 Å². The highest BCUT2D eigenvalue weighted by molar-refractivity contribution is 5.74. The van der Waals surface area contributed by atoms with Crippen LogP contribution >= 0.6 is 0 Å². The maximum absolute atomic E-state index is 12.2. The maximum Gasteiger partial charge on any atom is 0.315 e. The van der Waals surface area contributed by atoms with Crippen LogP contribution in [0.25, 0.3) is 0 Å². The lowest BCUT2D eigenvalue weighted by Crippen LogP contribution is -2.41. The zero-order valence-corrected chi connectivity index (χ0v) is 14.6. The summed E-state index contributed by atoms with van der Waals surface area (Å²) < 4.78 is 10.7. The summed E-state index contributed by atoms with van der Waals surface area (Å²) in [6.45, 7) is 4.22. The number of urea groups is 1. The van der Waals surface area contributed by atoms with Crippen LogP contribution < -0.4 is 20.1 Å². The van der Waals surface area contributed by atoms with Gasteiger partial charge in [-0.15, -0.1) is 0 Å². The average Bonchev–Trinajstić information content (AvgIpc) is 3.08. The number of nitrogens with one attached hydrogen (secondary N) is 2. The molecule has 2 aromatic rings. The first-order valence-corrected chi connectivity index (χ1v) is 8.62. The van der Waals surface area contributed by atoms with Gasteiger partial charge in [0.25, 0.3) is 0 Å². The van der Waals surface area contributed by atoms with E-state index in [9.17, 15) is 4.79 Å². The van der Waals surface area contributed by atoms with E-state index in [4.69, 9.17) is 9.47 Å². The van der Waals surface area contributed by atoms with Gasteiger partial charge in [0.05, 0.1) is 6.04 Å². The largest absolute Gasteiger partial charge is 0.454 e. The molecule has 132 valence electrons. The molecule has 5 heteroatoms. The standard InChI is InChI=1S/C20H24N2O3/c1-14(8-9-16-6-4-3-5-7-16)21-20(23)22-15(2)17-10-11-18-19(12-17)25-13-24-18/h3-7,10-12,14-15H,8-9,13H2,1-2H3,(H2,21,22,23). The number of rotatable bonds is 6. The summed E-state index contributed by atoms with van der Waals surface area (Å²) in [6, 6.07) is 15.8. The van der Waals surface area contributed by atoms with Crippen LogP contribution in [-0.2, 0) is 6.42 Å². The number of aryl methyl sites for hydroxylation is 1. The Hall–Kier alpha value is -2.69. The first-order chi connectivity index (χ1) is 12.1. The van der Waals surface area contributed by atoms with E-state index in [-0.39, 0.29) is 24.9 Å². The van der Waals surface area contributed by atoms with Gasteiger partial charge < -0.3 is 20.1 Å². The molecule has 2 atom stereocenters. The number of benzene rings is 2. The normalized spacial score (nSPS) is 14.6. The zero-order chi connectivity index (χ0) is 17.6.